The number of hydrogen-bond acceptors (Lipinski definition) is 3. The van der Waals surface area contributed by atoms with E-state index in [9.17, 15) is 5.11 Å². The number of hydrogen-bond donors (Lipinski definition) is 2. The zero-order valence-corrected chi connectivity index (χ0v) is 12.8. The van der Waals surface area contributed by atoms with Crippen molar-refractivity contribution in [1.82, 2.24) is 10.2 Å². The summed E-state index contributed by atoms with van der Waals surface area (Å²) in [6.07, 6.45) is 11.1. The molecule has 3 heteroatoms. The number of rotatable bonds is 4. The van der Waals surface area contributed by atoms with Crippen molar-refractivity contribution < 1.29 is 5.11 Å². The van der Waals surface area contributed by atoms with Crippen LogP contribution in [0.3, 0.4) is 0 Å². The highest BCUT2D eigenvalue weighted by atomic mass is 16.3. The molecule has 112 valence electrons. The second kappa shape index (κ2) is 7.61. The molecule has 0 radical (unpaired) electrons. The summed E-state index contributed by atoms with van der Waals surface area (Å²) >= 11 is 0. The minimum Gasteiger partial charge on any atom is -0.391 e. The Morgan fingerprint density at radius 2 is 1.68 bits per heavy atom. The van der Waals surface area contributed by atoms with Crippen LogP contribution in [-0.2, 0) is 0 Å². The number of nitrogens with zero attached hydrogens (tertiary/aromatic N) is 1. The first-order valence-electron chi connectivity index (χ1n) is 8.35. The van der Waals surface area contributed by atoms with Crippen LogP contribution in [0, 0.1) is 0 Å². The van der Waals surface area contributed by atoms with Crippen molar-refractivity contribution in [3.05, 3.63) is 0 Å². The van der Waals surface area contributed by atoms with Crippen LogP contribution in [0.15, 0.2) is 0 Å². The van der Waals surface area contributed by atoms with Gasteiger partial charge in [0.25, 0.3) is 0 Å². The molecule has 2 aliphatic rings. The lowest BCUT2D eigenvalue weighted by Crippen LogP contribution is -2.49. The Morgan fingerprint density at radius 1 is 1.00 bits per heavy atom. The van der Waals surface area contributed by atoms with Gasteiger partial charge in [-0.05, 0) is 52.1 Å². The van der Waals surface area contributed by atoms with E-state index in [0.29, 0.717) is 12.1 Å². The van der Waals surface area contributed by atoms with E-state index in [2.05, 4.69) is 24.2 Å². The summed E-state index contributed by atoms with van der Waals surface area (Å²) in [5, 5.41) is 13.9. The van der Waals surface area contributed by atoms with Crippen molar-refractivity contribution in [2.24, 2.45) is 0 Å². The van der Waals surface area contributed by atoms with Gasteiger partial charge in [-0.25, -0.2) is 0 Å². The van der Waals surface area contributed by atoms with Gasteiger partial charge in [-0.15, -0.1) is 0 Å². The van der Waals surface area contributed by atoms with Crippen molar-refractivity contribution in [3.8, 4) is 0 Å². The number of aliphatic hydroxyl groups is 1. The highest BCUT2D eigenvalue weighted by molar-refractivity contribution is 4.88. The molecule has 0 aromatic carbocycles. The van der Waals surface area contributed by atoms with E-state index in [1.54, 1.807) is 0 Å². The maximum absolute atomic E-state index is 10.3. The molecule has 2 aliphatic carbocycles. The average molecular weight is 268 g/mol. The molecular weight excluding hydrogens is 236 g/mol. The fourth-order valence-corrected chi connectivity index (χ4v) is 3.99. The van der Waals surface area contributed by atoms with Gasteiger partial charge in [0.2, 0.25) is 0 Å². The van der Waals surface area contributed by atoms with Gasteiger partial charge in [-0.2, -0.15) is 0 Å². The quantitative estimate of drug-likeness (QED) is 0.769. The van der Waals surface area contributed by atoms with Gasteiger partial charge in [0.15, 0.2) is 0 Å². The monoisotopic (exact) mass is 268 g/mol. The van der Waals surface area contributed by atoms with Crippen molar-refractivity contribution in [1.29, 1.82) is 0 Å². The summed E-state index contributed by atoms with van der Waals surface area (Å²) in [7, 11) is 2.25. The predicted octanol–water partition coefficient (Wildman–Crippen LogP) is 2.53. The minimum absolute atomic E-state index is 0.0982. The van der Waals surface area contributed by atoms with Gasteiger partial charge < -0.3 is 10.4 Å². The maximum atomic E-state index is 10.3. The van der Waals surface area contributed by atoms with E-state index in [0.717, 1.165) is 19.0 Å². The summed E-state index contributed by atoms with van der Waals surface area (Å²) in [5.41, 5.74) is 0. The molecule has 2 rings (SSSR count). The van der Waals surface area contributed by atoms with Crippen molar-refractivity contribution >= 4 is 0 Å². The third-order valence-corrected chi connectivity index (χ3v) is 5.23. The highest BCUT2D eigenvalue weighted by Crippen LogP contribution is 2.28. The Morgan fingerprint density at radius 3 is 2.37 bits per heavy atom. The average Bonchev–Trinajstić information content (AvgIpc) is 2.64. The third-order valence-electron chi connectivity index (χ3n) is 5.23. The van der Waals surface area contributed by atoms with Gasteiger partial charge in [-0.3, -0.25) is 4.90 Å². The van der Waals surface area contributed by atoms with Crippen molar-refractivity contribution in [2.75, 3.05) is 13.6 Å². The van der Waals surface area contributed by atoms with Crippen LogP contribution in [0.1, 0.15) is 64.7 Å². The van der Waals surface area contributed by atoms with Crippen molar-refractivity contribution in [2.45, 2.75) is 88.9 Å². The Kier molecular flexibility index (Phi) is 6.11. The van der Waals surface area contributed by atoms with Crippen molar-refractivity contribution in [3.63, 3.8) is 0 Å². The van der Waals surface area contributed by atoms with Crippen LogP contribution >= 0.6 is 0 Å². The Balaban J connectivity index is 1.84. The van der Waals surface area contributed by atoms with Gasteiger partial charge >= 0.3 is 0 Å². The smallest absolute Gasteiger partial charge is 0.0695 e. The molecule has 0 bridgehead atoms. The normalized spacial score (nSPS) is 37.3. The van der Waals surface area contributed by atoms with E-state index in [1.807, 2.05) is 0 Å². The molecule has 2 fully saturated rings. The first-order chi connectivity index (χ1) is 9.22. The van der Waals surface area contributed by atoms with Crippen LogP contribution in [0.2, 0.25) is 0 Å². The second-order valence-corrected chi connectivity index (χ2v) is 6.50. The molecular formula is C16H32N2O. The zero-order valence-electron chi connectivity index (χ0n) is 12.8. The Hall–Kier alpha value is -0.120. The van der Waals surface area contributed by atoms with Crippen LogP contribution < -0.4 is 5.32 Å². The summed E-state index contributed by atoms with van der Waals surface area (Å²) in [6, 6.07) is 1.82. The van der Waals surface area contributed by atoms with Gasteiger partial charge in [0.05, 0.1) is 6.10 Å². The van der Waals surface area contributed by atoms with Gasteiger partial charge in [0, 0.05) is 18.1 Å². The first-order valence-corrected chi connectivity index (χ1v) is 8.35. The molecule has 19 heavy (non-hydrogen) atoms. The first kappa shape index (κ1) is 15.3. The standard InChI is InChI=1S/C16H32N2O/c1-3-17-13-9-11-14(12-10-13)18(2)15-7-5-4-6-8-16(15)19/h13-17,19H,3-12H2,1-2H3. The van der Waals surface area contributed by atoms with Crippen LogP contribution in [0.25, 0.3) is 0 Å². The topological polar surface area (TPSA) is 35.5 Å². The molecule has 2 atom stereocenters. The molecule has 0 aromatic rings. The molecule has 0 aromatic heterocycles. The molecule has 0 saturated heterocycles. The molecule has 0 aliphatic heterocycles. The lowest BCUT2D eigenvalue weighted by atomic mass is 9.88. The van der Waals surface area contributed by atoms with Gasteiger partial charge in [0.1, 0.15) is 0 Å². The van der Waals surface area contributed by atoms with Crippen LogP contribution in [0.5, 0.6) is 0 Å². The largest absolute Gasteiger partial charge is 0.391 e. The Labute approximate surface area is 118 Å². The van der Waals surface area contributed by atoms with E-state index in [-0.39, 0.29) is 6.10 Å². The third kappa shape index (κ3) is 4.17. The highest BCUT2D eigenvalue weighted by Gasteiger charge is 2.31. The van der Waals surface area contributed by atoms with E-state index in [4.69, 9.17) is 0 Å². The Bertz CT molecular complexity index is 251. The molecule has 2 unspecified atom stereocenters. The van der Waals surface area contributed by atoms with Crippen LogP contribution in [-0.4, -0.2) is 47.8 Å². The number of likely N-dealkylation sites (N-methyl/N-ethyl adjacent to an activating group) is 1. The lowest BCUT2D eigenvalue weighted by molar-refractivity contribution is 0.0241. The van der Waals surface area contributed by atoms with E-state index in [1.165, 1.54) is 51.4 Å². The molecule has 2 saturated carbocycles. The molecule has 0 amide bonds. The minimum atomic E-state index is -0.0982. The van der Waals surface area contributed by atoms with E-state index >= 15 is 0 Å². The SMILES string of the molecule is CCNC1CCC(N(C)C2CCCCCC2O)CC1. The fraction of sp³-hybridized carbons (Fsp3) is 1.00. The van der Waals surface area contributed by atoms with E-state index < -0.39 is 0 Å². The molecule has 2 N–H and O–H groups in total. The molecule has 0 spiro atoms. The number of nitrogens with one attached hydrogen (secondary N) is 1. The maximum Gasteiger partial charge on any atom is 0.0695 e. The van der Waals surface area contributed by atoms with Crippen LogP contribution in [0.4, 0.5) is 0 Å². The predicted molar refractivity (Wildman–Crippen MR) is 80.4 cm³/mol. The molecule has 3 nitrogen and oxygen atoms in total. The zero-order chi connectivity index (χ0) is 13.7. The summed E-state index contributed by atoms with van der Waals surface area (Å²) in [4.78, 5) is 2.51. The summed E-state index contributed by atoms with van der Waals surface area (Å²) in [5.74, 6) is 0. The van der Waals surface area contributed by atoms with Gasteiger partial charge in [-0.1, -0.05) is 26.2 Å². The summed E-state index contributed by atoms with van der Waals surface area (Å²) in [6.45, 7) is 3.28. The number of aliphatic hydroxyl groups excluding tert-OH is 1. The fourth-order valence-electron chi connectivity index (χ4n) is 3.99. The second-order valence-electron chi connectivity index (χ2n) is 6.50. The lowest BCUT2D eigenvalue weighted by Gasteiger charge is -2.40. The summed E-state index contributed by atoms with van der Waals surface area (Å²) < 4.78 is 0. The molecule has 0 heterocycles.